The second kappa shape index (κ2) is 1.73. The third-order valence-electron chi connectivity index (χ3n) is 0.278. The quantitative estimate of drug-likeness (QED) is 0.300. The van der Waals surface area contributed by atoms with Crippen LogP contribution in [0.25, 0.3) is 0 Å². The van der Waals surface area contributed by atoms with Crippen molar-refractivity contribution in [3.05, 3.63) is 0 Å². The van der Waals surface area contributed by atoms with Crippen LogP contribution in [0, 0.1) is 5.41 Å². The van der Waals surface area contributed by atoms with Crippen LogP contribution in [0.5, 0.6) is 0 Å². The standard InChI is InChI=1S/CH4N2O2S2/c2-1(3)7(4,5)6/h(H3,2,3)(H,4,5,6). The lowest BCUT2D eigenvalue weighted by molar-refractivity contribution is 0.574. The number of nitrogens with one attached hydrogen (secondary N) is 1. The molecule has 0 aromatic carbocycles. The van der Waals surface area contributed by atoms with Crippen LogP contribution in [0.1, 0.15) is 0 Å². The third-order valence-corrected chi connectivity index (χ3v) is 1.37. The van der Waals surface area contributed by atoms with E-state index in [0.717, 1.165) is 0 Å². The minimum atomic E-state index is -3.55. The van der Waals surface area contributed by atoms with Gasteiger partial charge in [-0.3, -0.25) is 9.96 Å². The molecule has 0 radical (unpaired) electrons. The van der Waals surface area contributed by atoms with Crippen molar-refractivity contribution in [2.24, 2.45) is 5.73 Å². The van der Waals surface area contributed by atoms with Crippen molar-refractivity contribution in [2.45, 2.75) is 0 Å². The van der Waals surface area contributed by atoms with Gasteiger partial charge in [-0.25, -0.2) is 4.21 Å². The molecule has 0 saturated carbocycles. The topological polar surface area (TPSA) is 87.2 Å². The van der Waals surface area contributed by atoms with Crippen LogP contribution in [0.3, 0.4) is 0 Å². The van der Waals surface area contributed by atoms with Crippen molar-refractivity contribution in [3.8, 4) is 0 Å². The third kappa shape index (κ3) is 2.49. The molecule has 0 spiro atoms. The molecular weight excluding hydrogens is 136 g/mol. The fourth-order valence-electron chi connectivity index (χ4n) is 0. The van der Waals surface area contributed by atoms with E-state index in [9.17, 15) is 4.21 Å². The van der Waals surface area contributed by atoms with E-state index in [4.69, 9.17) is 9.96 Å². The molecule has 4 N–H and O–H groups in total. The molecule has 0 aromatic heterocycles. The summed E-state index contributed by atoms with van der Waals surface area (Å²) >= 11 is 3.84. The highest BCUT2D eigenvalue weighted by atomic mass is 32.8. The first-order valence-corrected chi connectivity index (χ1v) is 3.70. The Hall–Kier alpha value is -0.200. The largest absolute Gasteiger partial charge is 0.375 e. The van der Waals surface area contributed by atoms with Crippen molar-refractivity contribution in [1.29, 1.82) is 5.41 Å². The van der Waals surface area contributed by atoms with Crippen LogP contribution in [0.2, 0.25) is 0 Å². The van der Waals surface area contributed by atoms with Gasteiger partial charge in [-0.05, 0) is 0 Å². The Balaban J connectivity index is 4.43. The first-order chi connectivity index (χ1) is 2.94. The number of nitrogens with two attached hydrogens (primary N) is 1. The number of rotatable bonds is 0. The van der Waals surface area contributed by atoms with E-state index in [0.29, 0.717) is 0 Å². The van der Waals surface area contributed by atoms with Gasteiger partial charge in [0.15, 0.2) is 0 Å². The monoisotopic (exact) mass is 140 g/mol. The summed E-state index contributed by atoms with van der Waals surface area (Å²) in [6.45, 7) is 0. The van der Waals surface area contributed by atoms with E-state index in [1.165, 1.54) is 0 Å². The normalized spacial score (nSPS) is 17.9. The van der Waals surface area contributed by atoms with Crippen LogP contribution in [-0.2, 0) is 20.0 Å². The average molecular weight is 140 g/mol. The smallest absolute Gasteiger partial charge is 0.210 e. The first-order valence-electron chi connectivity index (χ1n) is 1.26. The molecule has 1 atom stereocenters. The van der Waals surface area contributed by atoms with Gasteiger partial charge in [0.2, 0.25) is 13.9 Å². The summed E-state index contributed by atoms with van der Waals surface area (Å²) in [6, 6.07) is 0. The summed E-state index contributed by atoms with van der Waals surface area (Å²) in [7, 11) is -3.55. The number of hydrogen-bond acceptors (Lipinski definition) is 3. The average Bonchev–Trinajstić information content (AvgIpc) is 1.31. The van der Waals surface area contributed by atoms with Crippen molar-refractivity contribution in [2.75, 3.05) is 0 Å². The lowest BCUT2D eigenvalue weighted by Crippen LogP contribution is -2.20. The highest BCUT2D eigenvalue weighted by Gasteiger charge is 2.00. The van der Waals surface area contributed by atoms with Crippen LogP contribution < -0.4 is 5.73 Å². The maximum atomic E-state index is 9.91. The summed E-state index contributed by atoms with van der Waals surface area (Å²) < 4.78 is 18.0. The Kier molecular flexibility index (Phi) is 1.68. The molecule has 0 aromatic rings. The summed E-state index contributed by atoms with van der Waals surface area (Å²) in [4.78, 5) is 0. The summed E-state index contributed by atoms with van der Waals surface area (Å²) in [5.41, 5.74) is 4.52. The molecule has 0 saturated heterocycles. The molecule has 0 aliphatic heterocycles. The highest BCUT2D eigenvalue weighted by Crippen LogP contribution is 1.75. The predicted octanol–water partition coefficient (Wildman–Crippen LogP) is -0.901. The molecule has 0 bridgehead atoms. The molecule has 0 aliphatic rings. The van der Waals surface area contributed by atoms with Gasteiger partial charge >= 0.3 is 0 Å². The first kappa shape index (κ1) is 6.80. The molecule has 6 heteroatoms. The Bertz CT molecular complexity index is 168. The Morgan fingerprint density at radius 1 is 2.00 bits per heavy atom. The summed E-state index contributed by atoms with van der Waals surface area (Å²) in [6.07, 6.45) is 0. The van der Waals surface area contributed by atoms with Gasteiger partial charge in [0, 0.05) is 11.2 Å². The zero-order valence-corrected chi connectivity index (χ0v) is 4.88. The van der Waals surface area contributed by atoms with Crippen molar-refractivity contribution in [1.82, 2.24) is 0 Å². The number of amidine groups is 1. The molecule has 42 valence electrons. The molecule has 0 amide bonds. The lowest BCUT2D eigenvalue weighted by atomic mass is 11.4. The number of hydrogen-bond donors (Lipinski definition) is 3. The summed E-state index contributed by atoms with van der Waals surface area (Å²) in [5.74, 6) is 0. The van der Waals surface area contributed by atoms with Gasteiger partial charge < -0.3 is 5.73 Å². The van der Waals surface area contributed by atoms with Crippen molar-refractivity contribution < 1.29 is 8.76 Å². The maximum Gasteiger partial charge on any atom is 0.210 e. The van der Waals surface area contributed by atoms with Crippen LogP contribution >= 0.6 is 0 Å². The van der Waals surface area contributed by atoms with Crippen molar-refractivity contribution >= 4 is 25.1 Å². The molecule has 0 aliphatic carbocycles. The molecule has 0 rings (SSSR count). The van der Waals surface area contributed by atoms with Gasteiger partial charge in [0.1, 0.15) is 0 Å². The van der Waals surface area contributed by atoms with E-state index in [-0.39, 0.29) is 0 Å². The SMILES string of the molecule is N=C(N)S(=O)(O)=S. The molecule has 1 unspecified atom stereocenters. The molecule has 0 fully saturated rings. The second-order valence-corrected chi connectivity index (χ2v) is 3.58. The van der Waals surface area contributed by atoms with E-state index >= 15 is 0 Å². The van der Waals surface area contributed by atoms with Crippen LogP contribution in [0.15, 0.2) is 0 Å². The zero-order valence-electron chi connectivity index (χ0n) is 3.25. The highest BCUT2D eigenvalue weighted by molar-refractivity contribution is 8.38. The Morgan fingerprint density at radius 3 is 2.14 bits per heavy atom. The van der Waals surface area contributed by atoms with Gasteiger partial charge in [-0.15, -0.1) is 0 Å². The van der Waals surface area contributed by atoms with E-state index in [2.05, 4.69) is 16.9 Å². The van der Waals surface area contributed by atoms with Gasteiger partial charge in [-0.1, -0.05) is 0 Å². The Morgan fingerprint density at radius 2 is 2.14 bits per heavy atom. The van der Waals surface area contributed by atoms with E-state index in [1.54, 1.807) is 0 Å². The van der Waals surface area contributed by atoms with Gasteiger partial charge in [-0.2, -0.15) is 0 Å². The predicted molar refractivity (Wildman–Crippen MR) is 30.1 cm³/mol. The second-order valence-electron chi connectivity index (χ2n) is 0.839. The fraction of sp³-hybridized carbons (Fsp3) is 0. The van der Waals surface area contributed by atoms with Crippen molar-refractivity contribution in [3.63, 3.8) is 0 Å². The Labute approximate surface area is 45.7 Å². The lowest BCUT2D eigenvalue weighted by Gasteiger charge is -1.88. The van der Waals surface area contributed by atoms with E-state index < -0.39 is 13.9 Å². The minimum absolute atomic E-state index is 0.859. The van der Waals surface area contributed by atoms with Gasteiger partial charge in [0.25, 0.3) is 0 Å². The van der Waals surface area contributed by atoms with Crippen LogP contribution in [-0.4, -0.2) is 13.9 Å². The zero-order chi connectivity index (χ0) is 6.08. The molecule has 7 heavy (non-hydrogen) atoms. The molecular formula is CH4N2O2S2. The van der Waals surface area contributed by atoms with E-state index in [1.807, 2.05) is 0 Å². The minimum Gasteiger partial charge on any atom is -0.375 e. The van der Waals surface area contributed by atoms with Crippen LogP contribution in [0.4, 0.5) is 0 Å². The molecule has 4 nitrogen and oxygen atoms in total. The fourth-order valence-corrected chi connectivity index (χ4v) is 0. The molecule has 0 heterocycles. The maximum absolute atomic E-state index is 9.91. The summed E-state index contributed by atoms with van der Waals surface area (Å²) in [5, 5.41) is 5.44. The van der Waals surface area contributed by atoms with Gasteiger partial charge in [0.05, 0.1) is 0 Å².